The summed E-state index contributed by atoms with van der Waals surface area (Å²) in [6.07, 6.45) is 0.985. The van der Waals surface area contributed by atoms with Gasteiger partial charge in [0.1, 0.15) is 5.75 Å². The van der Waals surface area contributed by atoms with Crippen molar-refractivity contribution in [3.05, 3.63) is 33.9 Å². The standard InChI is InChI=1S/C11H14N2O4/c12-10(11(15)6-1-2-6)8-5-7(14)3-4-9(8)13(16)17/h3-6,10-11,14-15H,1-2,12H2/t10-,11+/m0/s1. The molecule has 0 aliphatic heterocycles. The SMILES string of the molecule is N[C@@H](c1cc(O)ccc1[N+](=O)[O-])[C@H](O)C1CC1. The Morgan fingerprint density at radius 1 is 1.47 bits per heavy atom. The van der Waals surface area contributed by atoms with Crippen molar-refractivity contribution < 1.29 is 15.1 Å². The maximum absolute atomic E-state index is 10.8. The van der Waals surface area contributed by atoms with Crippen LogP contribution in [0.25, 0.3) is 0 Å². The molecule has 0 amide bonds. The Labute approximate surface area is 97.8 Å². The summed E-state index contributed by atoms with van der Waals surface area (Å²) in [5.41, 5.74) is 5.83. The Kier molecular flexibility index (Phi) is 2.99. The summed E-state index contributed by atoms with van der Waals surface area (Å²) in [6, 6.07) is 2.84. The first-order valence-electron chi connectivity index (χ1n) is 5.41. The zero-order valence-electron chi connectivity index (χ0n) is 9.11. The number of aliphatic hydroxyl groups excluding tert-OH is 1. The highest BCUT2D eigenvalue weighted by molar-refractivity contribution is 5.47. The highest BCUT2D eigenvalue weighted by Crippen LogP contribution is 2.39. The molecule has 6 heteroatoms. The van der Waals surface area contributed by atoms with Gasteiger partial charge in [-0.05, 0) is 30.9 Å². The van der Waals surface area contributed by atoms with Crippen LogP contribution < -0.4 is 5.73 Å². The van der Waals surface area contributed by atoms with Gasteiger partial charge in [0.15, 0.2) is 0 Å². The van der Waals surface area contributed by atoms with E-state index in [0.29, 0.717) is 0 Å². The molecule has 17 heavy (non-hydrogen) atoms. The van der Waals surface area contributed by atoms with E-state index in [4.69, 9.17) is 5.73 Å². The fourth-order valence-electron chi connectivity index (χ4n) is 1.89. The second kappa shape index (κ2) is 4.31. The third-order valence-electron chi connectivity index (χ3n) is 3.04. The number of benzene rings is 1. The van der Waals surface area contributed by atoms with E-state index in [0.717, 1.165) is 12.8 Å². The van der Waals surface area contributed by atoms with Crippen molar-refractivity contribution in [1.29, 1.82) is 0 Å². The van der Waals surface area contributed by atoms with Crippen LogP contribution in [-0.4, -0.2) is 21.2 Å². The molecule has 1 aromatic carbocycles. The number of nitro groups is 1. The molecule has 1 aliphatic rings. The van der Waals surface area contributed by atoms with Gasteiger partial charge in [-0.25, -0.2) is 0 Å². The number of nitro benzene ring substituents is 1. The topological polar surface area (TPSA) is 110 Å². The summed E-state index contributed by atoms with van der Waals surface area (Å²) >= 11 is 0. The van der Waals surface area contributed by atoms with Gasteiger partial charge in [0, 0.05) is 6.07 Å². The lowest BCUT2D eigenvalue weighted by Crippen LogP contribution is -2.28. The summed E-state index contributed by atoms with van der Waals surface area (Å²) in [5.74, 6) is 0.0241. The van der Waals surface area contributed by atoms with Gasteiger partial charge in [0.2, 0.25) is 0 Å². The molecule has 2 rings (SSSR count). The molecular formula is C11H14N2O4. The largest absolute Gasteiger partial charge is 0.508 e. The molecule has 0 aromatic heterocycles. The number of aromatic hydroxyl groups is 1. The van der Waals surface area contributed by atoms with Gasteiger partial charge in [0.25, 0.3) is 5.69 Å². The first-order valence-corrected chi connectivity index (χ1v) is 5.41. The van der Waals surface area contributed by atoms with Crippen LogP contribution in [0.2, 0.25) is 0 Å². The van der Waals surface area contributed by atoms with Crippen LogP contribution in [-0.2, 0) is 0 Å². The molecule has 0 heterocycles. The molecule has 92 valence electrons. The normalized spacial score (nSPS) is 18.7. The van der Waals surface area contributed by atoms with Crippen molar-refractivity contribution in [2.75, 3.05) is 0 Å². The fraction of sp³-hybridized carbons (Fsp3) is 0.455. The van der Waals surface area contributed by atoms with E-state index >= 15 is 0 Å². The molecular weight excluding hydrogens is 224 g/mol. The Balaban J connectivity index is 2.34. The summed E-state index contributed by atoms with van der Waals surface area (Å²) < 4.78 is 0. The van der Waals surface area contributed by atoms with Crippen molar-refractivity contribution in [3.63, 3.8) is 0 Å². The quantitative estimate of drug-likeness (QED) is 0.537. The van der Waals surface area contributed by atoms with E-state index in [2.05, 4.69) is 0 Å². The van der Waals surface area contributed by atoms with E-state index in [1.807, 2.05) is 0 Å². The van der Waals surface area contributed by atoms with Crippen LogP contribution in [0.4, 0.5) is 5.69 Å². The predicted octanol–water partition coefficient (Wildman–Crippen LogP) is 1.07. The van der Waals surface area contributed by atoms with Crippen LogP contribution in [0.3, 0.4) is 0 Å². The van der Waals surface area contributed by atoms with Gasteiger partial charge in [-0.3, -0.25) is 10.1 Å². The van der Waals surface area contributed by atoms with Gasteiger partial charge in [0.05, 0.1) is 22.6 Å². The molecule has 0 bridgehead atoms. The Morgan fingerprint density at radius 2 is 2.12 bits per heavy atom. The average Bonchev–Trinajstić information content (AvgIpc) is 3.10. The monoisotopic (exact) mass is 238 g/mol. The number of phenolic OH excluding ortho intramolecular Hbond substituents is 1. The molecule has 6 nitrogen and oxygen atoms in total. The molecule has 0 unspecified atom stereocenters. The van der Waals surface area contributed by atoms with Crippen molar-refractivity contribution in [1.82, 2.24) is 0 Å². The van der Waals surface area contributed by atoms with E-state index in [-0.39, 0.29) is 22.9 Å². The van der Waals surface area contributed by atoms with Crippen LogP contribution in [0.5, 0.6) is 5.75 Å². The lowest BCUT2D eigenvalue weighted by molar-refractivity contribution is -0.385. The van der Waals surface area contributed by atoms with Crippen LogP contribution in [0, 0.1) is 16.0 Å². The third kappa shape index (κ3) is 2.37. The van der Waals surface area contributed by atoms with Crippen LogP contribution in [0.1, 0.15) is 24.4 Å². The average molecular weight is 238 g/mol. The number of hydrogen-bond donors (Lipinski definition) is 3. The van der Waals surface area contributed by atoms with Crippen molar-refractivity contribution >= 4 is 5.69 Å². The lowest BCUT2D eigenvalue weighted by Gasteiger charge is -2.18. The second-order valence-corrected chi connectivity index (χ2v) is 4.35. The summed E-state index contributed by atoms with van der Waals surface area (Å²) in [4.78, 5) is 10.3. The smallest absolute Gasteiger partial charge is 0.274 e. The predicted molar refractivity (Wildman–Crippen MR) is 60.4 cm³/mol. The van der Waals surface area contributed by atoms with Crippen LogP contribution in [0.15, 0.2) is 18.2 Å². The Bertz CT molecular complexity index is 445. The summed E-state index contributed by atoms with van der Waals surface area (Å²) in [5, 5.41) is 30.1. The number of rotatable bonds is 4. The maximum atomic E-state index is 10.8. The van der Waals surface area contributed by atoms with E-state index in [9.17, 15) is 20.3 Å². The van der Waals surface area contributed by atoms with Gasteiger partial charge < -0.3 is 15.9 Å². The molecule has 2 atom stereocenters. The number of nitrogens with zero attached hydrogens (tertiary/aromatic N) is 1. The lowest BCUT2D eigenvalue weighted by atomic mass is 9.97. The Hall–Kier alpha value is -1.66. The second-order valence-electron chi connectivity index (χ2n) is 4.35. The van der Waals surface area contributed by atoms with Crippen molar-refractivity contribution in [3.8, 4) is 5.75 Å². The number of nitrogens with two attached hydrogens (primary N) is 1. The molecule has 4 N–H and O–H groups in total. The van der Waals surface area contributed by atoms with Crippen LogP contribution >= 0.6 is 0 Å². The van der Waals surface area contributed by atoms with Gasteiger partial charge in [-0.1, -0.05) is 0 Å². The first-order chi connectivity index (χ1) is 8.00. The van der Waals surface area contributed by atoms with Gasteiger partial charge in [-0.15, -0.1) is 0 Å². The molecule has 1 aromatic rings. The number of phenols is 1. The minimum Gasteiger partial charge on any atom is -0.508 e. The Morgan fingerprint density at radius 3 is 2.65 bits per heavy atom. The van der Waals surface area contributed by atoms with E-state index < -0.39 is 17.1 Å². The van der Waals surface area contributed by atoms with E-state index in [1.165, 1.54) is 18.2 Å². The zero-order chi connectivity index (χ0) is 12.6. The first kappa shape index (κ1) is 11.8. The number of hydrogen-bond acceptors (Lipinski definition) is 5. The van der Waals surface area contributed by atoms with Gasteiger partial charge >= 0.3 is 0 Å². The molecule has 0 radical (unpaired) electrons. The highest BCUT2D eigenvalue weighted by atomic mass is 16.6. The molecule has 0 spiro atoms. The minimum atomic E-state index is -0.838. The molecule has 1 aliphatic carbocycles. The van der Waals surface area contributed by atoms with Gasteiger partial charge in [-0.2, -0.15) is 0 Å². The van der Waals surface area contributed by atoms with Crippen molar-refractivity contribution in [2.45, 2.75) is 25.0 Å². The molecule has 1 fully saturated rings. The molecule has 1 saturated carbocycles. The molecule has 0 saturated heterocycles. The third-order valence-corrected chi connectivity index (χ3v) is 3.04. The summed E-state index contributed by atoms with van der Waals surface area (Å²) in [7, 11) is 0. The zero-order valence-corrected chi connectivity index (χ0v) is 9.11. The van der Waals surface area contributed by atoms with Crippen molar-refractivity contribution in [2.24, 2.45) is 11.7 Å². The minimum absolute atomic E-state index is 0.0935. The summed E-state index contributed by atoms with van der Waals surface area (Å²) in [6.45, 7) is 0. The van der Waals surface area contributed by atoms with E-state index in [1.54, 1.807) is 0 Å². The highest BCUT2D eigenvalue weighted by Gasteiger charge is 2.36. The fourth-order valence-corrected chi connectivity index (χ4v) is 1.89. The maximum Gasteiger partial charge on any atom is 0.274 e. The number of aliphatic hydroxyl groups is 1.